The summed E-state index contributed by atoms with van der Waals surface area (Å²) in [6.07, 6.45) is 2.13. The van der Waals surface area contributed by atoms with E-state index in [0.717, 1.165) is 18.5 Å². The zero-order valence-electron chi connectivity index (χ0n) is 14.5. The Morgan fingerprint density at radius 2 is 1.48 bits per heavy atom. The van der Waals surface area contributed by atoms with Gasteiger partial charge in [-0.2, -0.15) is 5.10 Å². The van der Waals surface area contributed by atoms with Crippen molar-refractivity contribution in [3.05, 3.63) is 40.2 Å². The van der Waals surface area contributed by atoms with Crippen LogP contribution < -0.4 is 0 Å². The number of hydrogen-bond acceptors (Lipinski definition) is 1. The van der Waals surface area contributed by atoms with Crippen molar-refractivity contribution >= 4 is 0 Å². The summed E-state index contributed by atoms with van der Waals surface area (Å²) in [5.41, 5.74) is 9.46. The SMILES string of the molecule is CCc1cc(C)cc(CC)c1-c1c(C)nn(C(C)C)c1C. The van der Waals surface area contributed by atoms with Crippen molar-refractivity contribution in [2.24, 2.45) is 0 Å². The Bertz CT molecular complexity index is 623. The molecular weight excluding hydrogens is 256 g/mol. The quantitative estimate of drug-likeness (QED) is 0.756. The molecule has 1 aromatic carbocycles. The van der Waals surface area contributed by atoms with E-state index in [1.54, 1.807) is 0 Å². The first-order chi connectivity index (χ1) is 9.90. The molecule has 0 aliphatic carbocycles. The Balaban J connectivity index is 2.78. The normalized spacial score (nSPS) is 11.4. The molecule has 2 nitrogen and oxygen atoms in total. The van der Waals surface area contributed by atoms with Crippen molar-refractivity contribution in [1.82, 2.24) is 9.78 Å². The van der Waals surface area contributed by atoms with E-state index in [4.69, 9.17) is 5.10 Å². The molecule has 114 valence electrons. The highest BCUT2D eigenvalue weighted by Gasteiger charge is 2.19. The fourth-order valence-electron chi connectivity index (χ4n) is 3.35. The first-order valence-electron chi connectivity index (χ1n) is 8.09. The molecule has 2 aromatic rings. The van der Waals surface area contributed by atoms with Gasteiger partial charge in [0.2, 0.25) is 0 Å². The van der Waals surface area contributed by atoms with Gasteiger partial charge in [0.1, 0.15) is 0 Å². The van der Waals surface area contributed by atoms with Crippen LogP contribution in [-0.2, 0) is 12.8 Å². The molecule has 0 spiro atoms. The fraction of sp³-hybridized carbons (Fsp3) is 0.526. The third-order valence-electron chi connectivity index (χ3n) is 4.27. The third-order valence-corrected chi connectivity index (χ3v) is 4.27. The van der Waals surface area contributed by atoms with E-state index in [1.165, 1.54) is 33.5 Å². The summed E-state index contributed by atoms with van der Waals surface area (Å²) in [5, 5.41) is 4.78. The molecule has 0 N–H and O–H groups in total. The van der Waals surface area contributed by atoms with Crippen LogP contribution in [-0.4, -0.2) is 9.78 Å². The summed E-state index contributed by atoms with van der Waals surface area (Å²) in [7, 11) is 0. The first-order valence-corrected chi connectivity index (χ1v) is 8.09. The Kier molecular flexibility index (Phi) is 4.55. The van der Waals surface area contributed by atoms with Gasteiger partial charge in [-0.15, -0.1) is 0 Å². The summed E-state index contributed by atoms with van der Waals surface area (Å²) in [6, 6.07) is 5.07. The maximum atomic E-state index is 4.78. The highest BCUT2D eigenvalue weighted by Crippen LogP contribution is 2.35. The number of rotatable bonds is 4. The maximum Gasteiger partial charge on any atom is 0.0675 e. The Morgan fingerprint density at radius 1 is 0.952 bits per heavy atom. The second kappa shape index (κ2) is 6.05. The van der Waals surface area contributed by atoms with Crippen LogP contribution in [0.3, 0.4) is 0 Å². The van der Waals surface area contributed by atoms with Gasteiger partial charge in [0.25, 0.3) is 0 Å². The molecule has 2 rings (SSSR count). The van der Waals surface area contributed by atoms with E-state index in [1.807, 2.05) is 0 Å². The lowest BCUT2D eigenvalue weighted by Gasteiger charge is -2.16. The predicted molar refractivity (Wildman–Crippen MR) is 91.0 cm³/mol. The van der Waals surface area contributed by atoms with Gasteiger partial charge in [0, 0.05) is 17.3 Å². The van der Waals surface area contributed by atoms with Crippen molar-refractivity contribution < 1.29 is 0 Å². The summed E-state index contributed by atoms with van der Waals surface area (Å²) in [6.45, 7) is 15.4. The Hall–Kier alpha value is -1.57. The molecule has 0 unspecified atom stereocenters. The highest BCUT2D eigenvalue weighted by molar-refractivity contribution is 5.75. The minimum absolute atomic E-state index is 0.401. The summed E-state index contributed by atoms with van der Waals surface area (Å²) in [4.78, 5) is 0. The Labute approximate surface area is 129 Å². The molecule has 0 saturated heterocycles. The molecule has 0 radical (unpaired) electrons. The van der Waals surface area contributed by atoms with Gasteiger partial charge < -0.3 is 0 Å². The summed E-state index contributed by atoms with van der Waals surface area (Å²) >= 11 is 0. The molecule has 0 fully saturated rings. The second-order valence-electron chi connectivity index (χ2n) is 6.25. The average molecular weight is 284 g/mol. The van der Waals surface area contributed by atoms with Crippen LogP contribution in [0.25, 0.3) is 11.1 Å². The van der Waals surface area contributed by atoms with Crippen molar-refractivity contribution in [3.63, 3.8) is 0 Å². The van der Waals surface area contributed by atoms with E-state index < -0.39 is 0 Å². The van der Waals surface area contributed by atoms with Gasteiger partial charge in [0.15, 0.2) is 0 Å². The van der Waals surface area contributed by atoms with Crippen molar-refractivity contribution in [2.75, 3.05) is 0 Å². The lowest BCUT2D eigenvalue weighted by molar-refractivity contribution is 0.516. The number of aryl methyl sites for hydroxylation is 4. The lowest BCUT2D eigenvalue weighted by Crippen LogP contribution is -2.05. The van der Waals surface area contributed by atoms with E-state index in [9.17, 15) is 0 Å². The molecule has 2 heteroatoms. The van der Waals surface area contributed by atoms with Gasteiger partial charge in [0.05, 0.1) is 5.69 Å². The summed E-state index contributed by atoms with van der Waals surface area (Å²) < 4.78 is 2.16. The summed E-state index contributed by atoms with van der Waals surface area (Å²) in [5.74, 6) is 0. The zero-order chi connectivity index (χ0) is 15.7. The van der Waals surface area contributed by atoms with Gasteiger partial charge in [-0.05, 0) is 64.2 Å². The van der Waals surface area contributed by atoms with Crippen LogP contribution in [0.2, 0.25) is 0 Å². The van der Waals surface area contributed by atoms with E-state index in [2.05, 4.69) is 65.3 Å². The van der Waals surface area contributed by atoms with Crippen LogP contribution in [0.4, 0.5) is 0 Å². The Morgan fingerprint density at radius 3 is 1.86 bits per heavy atom. The number of nitrogens with zero attached hydrogens (tertiary/aromatic N) is 2. The minimum atomic E-state index is 0.401. The smallest absolute Gasteiger partial charge is 0.0675 e. The maximum absolute atomic E-state index is 4.78. The number of benzene rings is 1. The molecular formula is C19H28N2. The van der Waals surface area contributed by atoms with Crippen molar-refractivity contribution in [3.8, 4) is 11.1 Å². The first kappa shape index (κ1) is 15.8. The fourth-order valence-corrected chi connectivity index (χ4v) is 3.35. The number of aromatic nitrogens is 2. The zero-order valence-corrected chi connectivity index (χ0v) is 14.5. The van der Waals surface area contributed by atoms with E-state index in [-0.39, 0.29) is 0 Å². The molecule has 0 atom stereocenters. The molecule has 21 heavy (non-hydrogen) atoms. The molecule has 0 bridgehead atoms. The van der Waals surface area contributed by atoms with Crippen LogP contribution in [0.5, 0.6) is 0 Å². The van der Waals surface area contributed by atoms with Gasteiger partial charge in [-0.25, -0.2) is 0 Å². The van der Waals surface area contributed by atoms with Crippen LogP contribution in [0.1, 0.15) is 61.8 Å². The van der Waals surface area contributed by atoms with Crippen LogP contribution >= 0.6 is 0 Å². The highest BCUT2D eigenvalue weighted by atomic mass is 15.3. The van der Waals surface area contributed by atoms with Gasteiger partial charge in [-0.3, -0.25) is 4.68 Å². The molecule has 0 aliphatic rings. The second-order valence-corrected chi connectivity index (χ2v) is 6.25. The number of hydrogen-bond donors (Lipinski definition) is 0. The van der Waals surface area contributed by atoms with Gasteiger partial charge in [-0.1, -0.05) is 31.5 Å². The largest absolute Gasteiger partial charge is 0.266 e. The topological polar surface area (TPSA) is 17.8 Å². The van der Waals surface area contributed by atoms with Crippen LogP contribution in [0.15, 0.2) is 12.1 Å². The molecule has 0 amide bonds. The van der Waals surface area contributed by atoms with Gasteiger partial charge >= 0.3 is 0 Å². The van der Waals surface area contributed by atoms with Crippen molar-refractivity contribution in [2.45, 2.75) is 67.3 Å². The molecule has 0 saturated carbocycles. The third kappa shape index (κ3) is 2.76. The lowest BCUT2D eigenvalue weighted by atomic mass is 9.89. The van der Waals surface area contributed by atoms with E-state index in [0.29, 0.717) is 6.04 Å². The predicted octanol–water partition coefficient (Wildman–Crippen LogP) is 5.18. The molecule has 1 heterocycles. The minimum Gasteiger partial charge on any atom is -0.266 e. The van der Waals surface area contributed by atoms with E-state index >= 15 is 0 Å². The molecule has 1 aromatic heterocycles. The van der Waals surface area contributed by atoms with Crippen molar-refractivity contribution in [1.29, 1.82) is 0 Å². The monoisotopic (exact) mass is 284 g/mol. The standard InChI is InChI=1S/C19H28N2/c1-8-16-10-13(5)11-17(9-2)19(16)18-14(6)20-21(12(3)4)15(18)7/h10-12H,8-9H2,1-7H3. The average Bonchev–Trinajstić information content (AvgIpc) is 2.73. The molecule has 0 aliphatic heterocycles. The van der Waals surface area contributed by atoms with Crippen LogP contribution in [0, 0.1) is 20.8 Å².